The van der Waals surface area contributed by atoms with E-state index >= 15 is 0 Å². The number of ether oxygens (including phenoxy) is 1. The highest BCUT2D eigenvalue weighted by atomic mass is 32.1. The third-order valence-corrected chi connectivity index (χ3v) is 4.86. The summed E-state index contributed by atoms with van der Waals surface area (Å²) in [5.74, 6) is 1.54. The predicted molar refractivity (Wildman–Crippen MR) is 118 cm³/mol. The number of para-hydroxylation sites is 1. The van der Waals surface area contributed by atoms with Crippen LogP contribution in [0.3, 0.4) is 0 Å². The first-order chi connectivity index (χ1) is 14.7. The number of benzene rings is 3. The van der Waals surface area contributed by atoms with Crippen LogP contribution in [0.4, 0.5) is 10.8 Å². The molecule has 1 aromatic heterocycles. The van der Waals surface area contributed by atoms with E-state index in [0.29, 0.717) is 5.13 Å². The minimum absolute atomic E-state index is 0.0462. The van der Waals surface area contributed by atoms with Crippen LogP contribution in [0, 0.1) is 10.1 Å². The largest absolute Gasteiger partial charge is 0.457 e. The van der Waals surface area contributed by atoms with Gasteiger partial charge in [0.2, 0.25) is 5.13 Å². The average Bonchev–Trinajstić information content (AvgIpc) is 3.24. The Morgan fingerprint density at radius 1 is 0.967 bits per heavy atom. The second-order valence-corrected chi connectivity index (χ2v) is 7.05. The first kappa shape index (κ1) is 19.3. The van der Waals surface area contributed by atoms with Crippen molar-refractivity contribution in [3.8, 4) is 22.8 Å². The van der Waals surface area contributed by atoms with Crippen LogP contribution in [0.5, 0.6) is 11.5 Å². The quantitative estimate of drug-likeness (QED) is 0.228. The fourth-order valence-corrected chi connectivity index (χ4v) is 3.29. The minimum atomic E-state index is -0.434. The lowest BCUT2D eigenvalue weighted by atomic mass is 10.2. The standard InChI is InChI=1S/C22H16N4O3S/c27-26(28)18-10-6-16(7-11-18)14-23-25-22-24-21(15-30-22)17-8-12-20(13-9-17)29-19-4-2-1-3-5-19/h1-15H,(H,24,25)/b23-14+. The topological polar surface area (TPSA) is 89.7 Å². The zero-order chi connectivity index (χ0) is 20.8. The van der Waals surface area contributed by atoms with E-state index in [1.807, 2.05) is 60.0 Å². The molecule has 0 bridgehead atoms. The summed E-state index contributed by atoms with van der Waals surface area (Å²) in [6.45, 7) is 0. The van der Waals surface area contributed by atoms with Gasteiger partial charge in [0.25, 0.3) is 5.69 Å². The fraction of sp³-hybridized carbons (Fsp3) is 0. The van der Waals surface area contributed by atoms with E-state index in [1.165, 1.54) is 23.5 Å². The third kappa shape index (κ3) is 4.86. The summed E-state index contributed by atoms with van der Waals surface area (Å²) in [4.78, 5) is 14.8. The highest BCUT2D eigenvalue weighted by molar-refractivity contribution is 7.14. The lowest BCUT2D eigenvalue weighted by Gasteiger charge is -2.05. The van der Waals surface area contributed by atoms with E-state index < -0.39 is 4.92 Å². The van der Waals surface area contributed by atoms with Crippen molar-refractivity contribution in [1.82, 2.24) is 4.98 Å². The second kappa shape index (κ2) is 8.97. The van der Waals surface area contributed by atoms with E-state index in [1.54, 1.807) is 18.3 Å². The maximum absolute atomic E-state index is 10.7. The molecule has 0 spiro atoms. The Kier molecular flexibility index (Phi) is 5.77. The summed E-state index contributed by atoms with van der Waals surface area (Å²) < 4.78 is 5.80. The molecule has 7 nitrogen and oxygen atoms in total. The SMILES string of the molecule is O=[N+]([O-])c1ccc(/C=N/Nc2nc(-c3ccc(Oc4ccccc4)cc3)cs2)cc1. The van der Waals surface area contributed by atoms with Gasteiger partial charge >= 0.3 is 0 Å². The molecule has 148 valence electrons. The summed E-state index contributed by atoms with van der Waals surface area (Å²) in [7, 11) is 0. The molecule has 0 saturated heterocycles. The van der Waals surface area contributed by atoms with Gasteiger partial charge in [0, 0.05) is 23.1 Å². The van der Waals surface area contributed by atoms with Gasteiger partial charge in [-0.1, -0.05) is 18.2 Å². The molecule has 0 aliphatic rings. The number of nitro benzene ring substituents is 1. The molecular formula is C22H16N4O3S. The molecule has 0 fully saturated rings. The molecule has 8 heteroatoms. The molecule has 1 N–H and O–H groups in total. The molecule has 3 aromatic carbocycles. The first-order valence-corrected chi connectivity index (χ1v) is 9.88. The minimum Gasteiger partial charge on any atom is -0.457 e. The average molecular weight is 416 g/mol. The van der Waals surface area contributed by atoms with Gasteiger partial charge in [-0.05, 0) is 54.1 Å². The number of nitrogens with zero attached hydrogens (tertiary/aromatic N) is 3. The number of anilines is 1. The molecule has 0 amide bonds. The Morgan fingerprint density at radius 2 is 1.67 bits per heavy atom. The van der Waals surface area contributed by atoms with E-state index in [-0.39, 0.29) is 5.69 Å². The Morgan fingerprint density at radius 3 is 2.37 bits per heavy atom. The van der Waals surface area contributed by atoms with Crippen molar-refractivity contribution in [2.24, 2.45) is 5.10 Å². The van der Waals surface area contributed by atoms with Gasteiger partial charge < -0.3 is 4.74 Å². The van der Waals surface area contributed by atoms with Gasteiger partial charge in [-0.2, -0.15) is 5.10 Å². The van der Waals surface area contributed by atoms with Crippen molar-refractivity contribution in [2.45, 2.75) is 0 Å². The van der Waals surface area contributed by atoms with Crippen LogP contribution in [-0.2, 0) is 0 Å². The van der Waals surface area contributed by atoms with Crippen molar-refractivity contribution in [3.05, 3.63) is 99.9 Å². The number of rotatable bonds is 7. The van der Waals surface area contributed by atoms with E-state index in [9.17, 15) is 10.1 Å². The van der Waals surface area contributed by atoms with Gasteiger partial charge in [-0.3, -0.25) is 15.5 Å². The van der Waals surface area contributed by atoms with Crippen LogP contribution in [0.25, 0.3) is 11.3 Å². The Labute approximate surface area is 176 Å². The normalized spacial score (nSPS) is 10.8. The lowest BCUT2D eigenvalue weighted by Crippen LogP contribution is -1.91. The van der Waals surface area contributed by atoms with Crippen molar-refractivity contribution >= 4 is 28.4 Å². The Hall–Kier alpha value is -4.04. The number of nitro groups is 1. The molecule has 0 aliphatic heterocycles. The third-order valence-electron chi connectivity index (χ3n) is 4.11. The number of hydrogen-bond donors (Lipinski definition) is 1. The highest BCUT2D eigenvalue weighted by Crippen LogP contribution is 2.28. The molecule has 0 unspecified atom stereocenters. The predicted octanol–water partition coefficient (Wildman–Crippen LogP) is 5.96. The van der Waals surface area contributed by atoms with Crippen molar-refractivity contribution < 1.29 is 9.66 Å². The number of thiazole rings is 1. The number of aromatic nitrogens is 1. The highest BCUT2D eigenvalue weighted by Gasteiger charge is 2.05. The van der Waals surface area contributed by atoms with Crippen LogP contribution in [-0.4, -0.2) is 16.1 Å². The van der Waals surface area contributed by atoms with Crippen LogP contribution >= 0.6 is 11.3 Å². The molecule has 0 radical (unpaired) electrons. The van der Waals surface area contributed by atoms with Gasteiger partial charge in [0.05, 0.1) is 16.8 Å². The molecule has 0 aliphatic carbocycles. The molecule has 4 rings (SSSR count). The molecular weight excluding hydrogens is 400 g/mol. The van der Waals surface area contributed by atoms with Gasteiger partial charge in [-0.15, -0.1) is 11.3 Å². The van der Waals surface area contributed by atoms with Gasteiger partial charge in [0.15, 0.2) is 0 Å². The monoisotopic (exact) mass is 416 g/mol. The summed E-state index contributed by atoms with van der Waals surface area (Å²) in [5.41, 5.74) is 5.48. The molecule has 0 atom stereocenters. The van der Waals surface area contributed by atoms with Gasteiger partial charge in [-0.25, -0.2) is 4.98 Å². The Bertz CT molecular complexity index is 1160. The fourth-order valence-electron chi connectivity index (χ4n) is 2.62. The smallest absolute Gasteiger partial charge is 0.269 e. The summed E-state index contributed by atoms with van der Waals surface area (Å²) in [5, 5.41) is 17.4. The van der Waals surface area contributed by atoms with E-state index in [2.05, 4.69) is 15.5 Å². The van der Waals surface area contributed by atoms with Crippen molar-refractivity contribution in [2.75, 3.05) is 5.43 Å². The zero-order valence-electron chi connectivity index (χ0n) is 15.6. The van der Waals surface area contributed by atoms with Crippen molar-refractivity contribution in [1.29, 1.82) is 0 Å². The summed E-state index contributed by atoms with van der Waals surface area (Å²) in [6, 6.07) is 23.5. The first-order valence-electron chi connectivity index (χ1n) is 9.00. The number of nitrogens with one attached hydrogen (secondary N) is 1. The van der Waals surface area contributed by atoms with Crippen molar-refractivity contribution in [3.63, 3.8) is 0 Å². The molecule has 1 heterocycles. The maximum Gasteiger partial charge on any atom is 0.269 e. The number of non-ortho nitro benzene ring substituents is 1. The van der Waals surface area contributed by atoms with E-state index in [4.69, 9.17) is 4.74 Å². The molecule has 0 saturated carbocycles. The summed E-state index contributed by atoms with van der Waals surface area (Å²) in [6.07, 6.45) is 1.58. The second-order valence-electron chi connectivity index (χ2n) is 6.20. The maximum atomic E-state index is 10.7. The van der Waals surface area contributed by atoms with Crippen LogP contribution in [0.15, 0.2) is 89.3 Å². The van der Waals surface area contributed by atoms with Crippen LogP contribution < -0.4 is 10.2 Å². The van der Waals surface area contributed by atoms with Gasteiger partial charge in [0.1, 0.15) is 11.5 Å². The number of hydrazone groups is 1. The van der Waals surface area contributed by atoms with E-state index in [0.717, 1.165) is 28.3 Å². The van der Waals surface area contributed by atoms with Crippen LogP contribution in [0.1, 0.15) is 5.56 Å². The lowest BCUT2D eigenvalue weighted by molar-refractivity contribution is -0.384. The number of hydrogen-bond acceptors (Lipinski definition) is 7. The molecule has 30 heavy (non-hydrogen) atoms. The zero-order valence-corrected chi connectivity index (χ0v) is 16.5. The van der Waals surface area contributed by atoms with Crippen LogP contribution in [0.2, 0.25) is 0 Å². The Balaban J connectivity index is 1.37. The summed E-state index contributed by atoms with van der Waals surface area (Å²) >= 11 is 1.44. The molecule has 4 aromatic rings.